The van der Waals surface area contributed by atoms with Crippen LogP contribution >= 0.6 is 0 Å². The fraction of sp³-hybridized carbons (Fsp3) is 0.222. The quantitative estimate of drug-likeness (QED) is 0.640. The van der Waals surface area contributed by atoms with E-state index in [1.165, 1.54) is 35.9 Å². The smallest absolute Gasteiger partial charge is 0.0485 e. The zero-order valence-electron chi connectivity index (χ0n) is 11.0. The summed E-state index contributed by atoms with van der Waals surface area (Å²) in [6.07, 6.45) is 3.59. The van der Waals surface area contributed by atoms with Gasteiger partial charge in [-0.05, 0) is 36.5 Å². The summed E-state index contributed by atoms with van der Waals surface area (Å²) in [5.74, 6) is 0. The third-order valence-electron chi connectivity index (χ3n) is 4.21. The molecular formula is C18H17N. The molecule has 0 spiro atoms. The molecule has 0 radical (unpaired) electrons. The minimum absolute atomic E-state index is 1.06. The van der Waals surface area contributed by atoms with Gasteiger partial charge in [-0.3, -0.25) is 0 Å². The highest BCUT2D eigenvalue weighted by Crippen LogP contribution is 2.32. The second-order valence-electron chi connectivity index (χ2n) is 5.36. The Labute approximate surface area is 113 Å². The average Bonchev–Trinajstić information content (AvgIpc) is 3.04. The molecule has 0 aliphatic carbocycles. The lowest BCUT2D eigenvalue weighted by atomic mass is 10.0. The second kappa shape index (κ2) is 4.27. The summed E-state index contributed by atoms with van der Waals surface area (Å²) in [6.45, 7) is 1.19. The first kappa shape index (κ1) is 10.9. The number of para-hydroxylation sites is 1. The highest BCUT2D eigenvalue weighted by Gasteiger charge is 2.20. The van der Waals surface area contributed by atoms with Crippen molar-refractivity contribution in [2.75, 3.05) is 0 Å². The van der Waals surface area contributed by atoms with Gasteiger partial charge in [-0.15, -0.1) is 0 Å². The zero-order chi connectivity index (χ0) is 12.7. The van der Waals surface area contributed by atoms with Gasteiger partial charge in [0, 0.05) is 23.1 Å². The fourth-order valence-electron chi connectivity index (χ4n) is 3.37. The van der Waals surface area contributed by atoms with Gasteiger partial charge in [0.2, 0.25) is 0 Å². The molecule has 2 heterocycles. The third kappa shape index (κ3) is 1.69. The van der Waals surface area contributed by atoms with Crippen LogP contribution in [0.4, 0.5) is 0 Å². The Morgan fingerprint density at radius 2 is 1.68 bits per heavy atom. The number of benzene rings is 2. The van der Waals surface area contributed by atoms with Crippen molar-refractivity contribution in [3.05, 3.63) is 71.4 Å². The largest absolute Gasteiger partial charge is 0.344 e. The van der Waals surface area contributed by atoms with E-state index in [1.54, 1.807) is 11.3 Å². The topological polar surface area (TPSA) is 4.93 Å². The van der Waals surface area contributed by atoms with Crippen molar-refractivity contribution in [1.82, 2.24) is 4.57 Å². The summed E-state index contributed by atoms with van der Waals surface area (Å²) < 4.78 is 2.52. The first-order valence-electron chi connectivity index (χ1n) is 7.06. The van der Waals surface area contributed by atoms with E-state index in [2.05, 4.69) is 59.2 Å². The number of fused-ring (bicyclic) bond motifs is 3. The maximum Gasteiger partial charge on any atom is 0.0485 e. The van der Waals surface area contributed by atoms with E-state index in [-0.39, 0.29) is 0 Å². The Morgan fingerprint density at radius 1 is 0.895 bits per heavy atom. The van der Waals surface area contributed by atoms with E-state index >= 15 is 0 Å². The van der Waals surface area contributed by atoms with Crippen LogP contribution in [-0.4, -0.2) is 4.57 Å². The molecule has 0 atom stereocenters. The molecule has 1 heteroatoms. The summed E-state index contributed by atoms with van der Waals surface area (Å²) in [5.41, 5.74) is 5.93. The van der Waals surface area contributed by atoms with E-state index in [4.69, 9.17) is 0 Å². The van der Waals surface area contributed by atoms with Crippen LogP contribution in [0, 0.1) is 0 Å². The molecule has 1 aliphatic rings. The Hall–Kier alpha value is -2.02. The van der Waals surface area contributed by atoms with Crippen molar-refractivity contribution in [2.45, 2.75) is 25.8 Å². The number of nitrogens with zero attached hydrogens (tertiary/aromatic N) is 1. The molecule has 0 amide bonds. The standard InChI is InChI=1S/C18H17N/c1-2-7-14(8-3-1)13-16-15-9-4-5-10-17(15)19-12-6-11-18(16)19/h1-5,7-10H,6,11-13H2. The van der Waals surface area contributed by atoms with Crippen LogP contribution < -0.4 is 0 Å². The van der Waals surface area contributed by atoms with E-state index < -0.39 is 0 Å². The summed E-state index contributed by atoms with van der Waals surface area (Å²) in [6, 6.07) is 19.7. The van der Waals surface area contributed by atoms with Crippen LogP contribution in [-0.2, 0) is 19.4 Å². The lowest BCUT2D eigenvalue weighted by molar-refractivity contribution is 0.772. The molecule has 4 rings (SSSR count). The molecule has 94 valence electrons. The second-order valence-corrected chi connectivity index (χ2v) is 5.36. The first-order chi connectivity index (χ1) is 9.43. The maximum absolute atomic E-state index is 2.52. The minimum Gasteiger partial charge on any atom is -0.344 e. The summed E-state index contributed by atoms with van der Waals surface area (Å²) in [5, 5.41) is 1.45. The van der Waals surface area contributed by atoms with Crippen molar-refractivity contribution in [2.24, 2.45) is 0 Å². The Bertz CT molecular complexity index is 722. The van der Waals surface area contributed by atoms with Crippen LogP contribution in [0.2, 0.25) is 0 Å². The number of hydrogen-bond donors (Lipinski definition) is 0. The van der Waals surface area contributed by atoms with Crippen LogP contribution in [0.3, 0.4) is 0 Å². The summed E-state index contributed by atoms with van der Waals surface area (Å²) in [7, 11) is 0. The van der Waals surface area contributed by atoms with Crippen LogP contribution in [0.1, 0.15) is 23.2 Å². The molecule has 0 fully saturated rings. The van der Waals surface area contributed by atoms with Gasteiger partial charge < -0.3 is 4.57 Å². The fourth-order valence-corrected chi connectivity index (χ4v) is 3.37. The molecular weight excluding hydrogens is 230 g/mol. The van der Waals surface area contributed by atoms with Gasteiger partial charge in [0.15, 0.2) is 0 Å². The molecule has 19 heavy (non-hydrogen) atoms. The lowest BCUT2D eigenvalue weighted by Gasteiger charge is -2.03. The van der Waals surface area contributed by atoms with Crippen LogP contribution in [0.25, 0.3) is 10.9 Å². The predicted octanol–water partition coefficient (Wildman–Crippen LogP) is 4.18. The highest BCUT2D eigenvalue weighted by molar-refractivity contribution is 5.86. The molecule has 1 aromatic heterocycles. The average molecular weight is 247 g/mol. The predicted molar refractivity (Wildman–Crippen MR) is 79.5 cm³/mol. The van der Waals surface area contributed by atoms with Crippen LogP contribution in [0.15, 0.2) is 54.6 Å². The van der Waals surface area contributed by atoms with Gasteiger partial charge in [-0.25, -0.2) is 0 Å². The lowest BCUT2D eigenvalue weighted by Crippen LogP contribution is -1.93. The Balaban J connectivity index is 1.90. The molecule has 1 aliphatic heterocycles. The number of rotatable bonds is 2. The molecule has 0 unspecified atom stereocenters. The first-order valence-corrected chi connectivity index (χ1v) is 7.06. The Morgan fingerprint density at radius 3 is 2.58 bits per heavy atom. The molecule has 0 saturated carbocycles. The van der Waals surface area contributed by atoms with Crippen molar-refractivity contribution in [3.8, 4) is 0 Å². The molecule has 0 bridgehead atoms. The maximum atomic E-state index is 2.52. The van der Waals surface area contributed by atoms with E-state index in [9.17, 15) is 0 Å². The van der Waals surface area contributed by atoms with Gasteiger partial charge in [-0.2, -0.15) is 0 Å². The van der Waals surface area contributed by atoms with E-state index in [0.717, 1.165) is 6.42 Å². The SMILES string of the molecule is c1ccc(Cc2c3n(c4ccccc24)CCC3)cc1. The molecule has 0 N–H and O–H groups in total. The minimum atomic E-state index is 1.06. The van der Waals surface area contributed by atoms with Crippen LogP contribution in [0.5, 0.6) is 0 Å². The van der Waals surface area contributed by atoms with Gasteiger partial charge in [0.1, 0.15) is 0 Å². The highest BCUT2D eigenvalue weighted by atomic mass is 15.0. The van der Waals surface area contributed by atoms with E-state index in [0.29, 0.717) is 0 Å². The van der Waals surface area contributed by atoms with Gasteiger partial charge in [0.25, 0.3) is 0 Å². The monoisotopic (exact) mass is 247 g/mol. The van der Waals surface area contributed by atoms with E-state index in [1.807, 2.05) is 0 Å². The van der Waals surface area contributed by atoms with Crippen molar-refractivity contribution in [1.29, 1.82) is 0 Å². The van der Waals surface area contributed by atoms with Crippen molar-refractivity contribution >= 4 is 10.9 Å². The summed E-state index contributed by atoms with van der Waals surface area (Å²) in [4.78, 5) is 0. The van der Waals surface area contributed by atoms with Gasteiger partial charge in [0.05, 0.1) is 0 Å². The van der Waals surface area contributed by atoms with Gasteiger partial charge >= 0.3 is 0 Å². The third-order valence-corrected chi connectivity index (χ3v) is 4.21. The molecule has 1 nitrogen and oxygen atoms in total. The van der Waals surface area contributed by atoms with Crippen molar-refractivity contribution in [3.63, 3.8) is 0 Å². The van der Waals surface area contributed by atoms with Crippen molar-refractivity contribution < 1.29 is 0 Å². The molecule has 3 aromatic rings. The van der Waals surface area contributed by atoms with Gasteiger partial charge in [-0.1, -0.05) is 48.5 Å². The normalized spacial score (nSPS) is 13.9. The number of aromatic nitrogens is 1. The number of aryl methyl sites for hydroxylation is 1. The summed E-state index contributed by atoms with van der Waals surface area (Å²) >= 11 is 0. The Kier molecular flexibility index (Phi) is 2.44. The molecule has 2 aromatic carbocycles. The zero-order valence-corrected chi connectivity index (χ0v) is 11.0. The number of hydrogen-bond acceptors (Lipinski definition) is 0. The molecule has 0 saturated heterocycles.